The molecular weight excluding hydrogens is 411 g/mol. The van der Waals surface area contributed by atoms with Gasteiger partial charge in [0.15, 0.2) is 0 Å². The molecule has 0 saturated heterocycles. The number of amides is 2. The highest BCUT2D eigenvalue weighted by atomic mass is 35.5. The number of pyridine rings is 2. The molecule has 0 spiro atoms. The van der Waals surface area contributed by atoms with Gasteiger partial charge in [0.25, 0.3) is 5.56 Å². The normalized spacial score (nSPS) is 17.3. The molecule has 2 N–H and O–H groups in total. The van der Waals surface area contributed by atoms with Crippen molar-refractivity contribution in [1.29, 1.82) is 0 Å². The lowest BCUT2D eigenvalue weighted by molar-refractivity contribution is -0.122. The molecular formula is C21H16ClFN4O3. The summed E-state index contributed by atoms with van der Waals surface area (Å²) in [5.41, 5.74) is 0.0316. The second-order valence-electron chi connectivity index (χ2n) is 6.86. The molecule has 2 aromatic heterocycles. The van der Waals surface area contributed by atoms with Crippen LogP contribution >= 0.6 is 11.6 Å². The Bertz CT molecular complexity index is 1180. The lowest BCUT2D eigenvalue weighted by Crippen LogP contribution is -2.21. The van der Waals surface area contributed by atoms with Crippen LogP contribution in [0.15, 0.2) is 65.7 Å². The minimum atomic E-state index is -0.677. The minimum absolute atomic E-state index is 0.0156. The fourth-order valence-corrected chi connectivity index (χ4v) is 3.18. The highest BCUT2D eigenvalue weighted by Crippen LogP contribution is 2.40. The van der Waals surface area contributed by atoms with Gasteiger partial charge in [-0.25, -0.2) is 9.37 Å². The summed E-state index contributed by atoms with van der Waals surface area (Å²) >= 11 is 5.75. The molecule has 7 nitrogen and oxygen atoms in total. The fourth-order valence-electron chi connectivity index (χ4n) is 3.06. The van der Waals surface area contributed by atoms with Gasteiger partial charge in [-0.2, -0.15) is 0 Å². The molecule has 1 aliphatic carbocycles. The van der Waals surface area contributed by atoms with E-state index in [2.05, 4.69) is 15.6 Å². The van der Waals surface area contributed by atoms with Gasteiger partial charge in [0.1, 0.15) is 11.6 Å². The third kappa shape index (κ3) is 4.23. The third-order valence-corrected chi connectivity index (χ3v) is 4.98. The first kappa shape index (κ1) is 19.8. The van der Waals surface area contributed by atoms with Crippen LogP contribution in [0.1, 0.15) is 6.42 Å². The van der Waals surface area contributed by atoms with Crippen molar-refractivity contribution in [3.8, 4) is 5.69 Å². The summed E-state index contributed by atoms with van der Waals surface area (Å²) in [5.74, 6) is -2.16. The van der Waals surface area contributed by atoms with E-state index in [4.69, 9.17) is 11.6 Å². The van der Waals surface area contributed by atoms with E-state index in [0.717, 1.165) is 0 Å². The summed E-state index contributed by atoms with van der Waals surface area (Å²) in [6, 6.07) is 11.9. The molecule has 4 rings (SSSR count). The van der Waals surface area contributed by atoms with Gasteiger partial charge < -0.3 is 10.6 Å². The largest absolute Gasteiger partial charge is 0.323 e. The molecule has 1 aromatic carbocycles. The summed E-state index contributed by atoms with van der Waals surface area (Å²) in [6.07, 6.45) is 3.30. The number of nitrogens with zero attached hydrogens (tertiary/aromatic N) is 2. The molecule has 1 saturated carbocycles. The van der Waals surface area contributed by atoms with Gasteiger partial charge in [-0.3, -0.25) is 19.0 Å². The van der Waals surface area contributed by atoms with Crippen LogP contribution in [0.5, 0.6) is 0 Å². The van der Waals surface area contributed by atoms with Crippen molar-refractivity contribution in [2.75, 3.05) is 10.6 Å². The average Bonchev–Trinajstić information content (AvgIpc) is 3.53. The van der Waals surface area contributed by atoms with Crippen molar-refractivity contribution in [3.63, 3.8) is 0 Å². The summed E-state index contributed by atoms with van der Waals surface area (Å²) in [7, 11) is 0. The van der Waals surface area contributed by atoms with Crippen LogP contribution in [-0.2, 0) is 9.59 Å². The molecule has 152 valence electrons. The lowest BCUT2D eigenvalue weighted by Gasteiger charge is -2.10. The number of rotatable bonds is 5. The number of aromatic nitrogens is 2. The summed E-state index contributed by atoms with van der Waals surface area (Å²) in [6.45, 7) is 0. The van der Waals surface area contributed by atoms with E-state index in [1.54, 1.807) is 24.3 Å². The molecule has 2 heterocycles. The van der Waals surface area contributed by atoms with Gasteiger partial charge in [0.05, 0.1) is 28.2 Å². The van der Waals surface area contributed by atoms with Crippen LogP contribution in [0.25, 0.3) is 5.69 Å². The van der Waals surface area contributed by atoms with Gasteiger partial charge >= 0.3 is 0 Å². The first-order valence-electron chi connectivity index (χ1n) is 9.13. The van der Waals surface area contributed by atoms with Crippen LogP contribution in [0, 0.1) is 17.7 Å². The smallest absolute Gasteiger partial charge is 0.255 e. The Labute approximate surface area is 175 Å². The molecule has 0 radical (unpaired) electrons. The van der Waals surface area contributed by atoms with E-state index in [9.17, 15) is 18.8 Å². The summed E-state index contributed by atoms with van der Waals surface area (Å²) in [4.78, 5) is 40.5. The molecule has 30 heavy (non-hydrogen) atoms. The number of carbonyl (C=O) groups excluding carboxylic acids is 2. The van der Waals surface area contributed by atoms with E-state index in [0.29, 0.717) is 22.9 Å². The monoisotopic (exact) mass is 426 g/mol. The molecule has 0 unspecified atom stereocenters. The number of carbonyl (C=O) groups is 2. The Hall–Kier alpha value is -3.52. The Morgan fingerprint density at radius 3 is 2.50 bits per heavy atom. The Balaban J connectivity index is 1.39. The van der Waals surface area contributed by atoms with Crippen molar-refractivity contribution in [2.45, 2.75) is 6.42 Å². The van der Waals surface area contributed by atoms with Gasteiger partial charge in [-0.15, -0.1) is 0 Å². The van der Waals surface area contributed by atoms with Crippen LogP contribution in [-0.4, -0.2) is 21.4 Å². The lowest BCUT2D eigenvalue weighted by atomic mass is 10.2. The van der Waals surface area contributed by atoms with Crippen molar-refractivity contribution in [1.82, 2.24) is 9.55 Å². The predicted octanol–water partition coefficient (Wildman–Crippen LogP) is 3.24. The molecule has 9 heteroatoms. The molecule has 1 aliphatic rings. The van der Waals surface area contributed by atoms with E-state index < -0.39 is 23.6 Å². The number of benzene rings is 1. The first-order chi connectivity index (χ1) is 14.4. The molecule has 1 fully saturated rings. The Morgan fingerprint density at radius 1 is 1.07 bits per heavy atom. The number of anilines is 2. The minimum Gasteiger partial charge on any atom is -0.323 e. The quantitative estimate of drug-likeness (QED) is 0.655. The number of hydrogen-bond donors (Lipinski definition) is 2. The van der Waals surface area contributed by atoms with E-state index >= 15 is 0 Å². The van der Waals surface area contributed by atoms with Gasteiger partial charge in [-0.05, 0) is 36.8 Å². The standard InChI is InChI=1S/C21H16ClFN4O3/c22-12-4-7-18(24-11-12)26-21(30)15-10-14(15)20(29)25-17-6-5-13(9-16(17)23)27-8-2-1-3-19(27)28/h1-9,11,14-15H,10H2,(H,25,29)(H,24,26,30)/t14-,15+/m0/s1. The Kier molecular flexibility index (Phi) is 5.33. The molecule has 0 bridgehead atoms. The van der Waals surface area contributed by atoms with Crippen LogP contribution in [0.4, 0.5) is 15.9 Å². The Morgan fingerprint density at radius 2 is 1.83 bits per heavy atom. The predicted molar refractivity (Wildman–Crippen MR) is 110 cm³/mol. The second kappa shape index (κ2) is 8.08. The molecule has 2 atom stereocenters. The zero-order valence-electron chi connectivity index (χ0n) is 15.5. The van der Waals surface area contributed by atoms with Gasteiger partial charge in [0.2, 0.25) is 11.8 Å². The van der Waals surface area contributed by atoms with Gasteiger partial charge in [0, 0.05) is 24.5 Å². The SMILES string of the molecule is O=C(Nc1ccc(-n2ccccc2=O)cc1F)[C@H]1C[C@H]1C(=O)Nc1ccc(Cl)cn1. The topological polar surface area (TPSA) is 93.1 Å². The maximum Gasteiger partial charge on any atom is 0.255 e. The maximum atomic E-state index is 14.5. The zero-order valence-corrected chi connectivity index (χ0v) is 16.3. The highest BCUT2D eigenvalue weighted by molar-refractivity contribution is 6.30. The summed E-state index contributed by atoms with van der Waals surface area (Å²) < 4.78 is 15.8. The average molecular weight is 427 g/mol. The van der Waals surface area contributed by atoms with E-state index in [1.807, 2.05) is 0 Å². The van der Waals surface area contributed by atoms with Gasteiger partial charge in [-0.1, -0.05) is 17.7 Å². The fraction of sp³-hybridized carbons (Fsp3) is 0.143. The zero-order chi connectivity index (χ0) is 21.3. The van der Waals surface area contributed by atoms with Crippen molar-refractivity contribution < 1.29 is 14.0 Å². The van der Waals surface area contributed by atoms with Crippen LogP contribution < -0.4 is 16.2 Å². The molecule has 2 amide bonds. The number of hydrogen-bond acceptors (Lipinski definition) is 4. The molecule has 3 aromatic rings. The van der Waals surface area contributed by atoms with Crippen LogP contribution in [0.2, 0.25) is 5.02 Å². The number of nitrogens with one attached hydrogen (secondary N) is 2. The summed E-state index contributed by atoms with van der Waals surface area (Å²) in [5, 5.41) is 5.58. The highest BCUT2D eigenvalue weighted by Gasteiger charge is 2.48. The third-order valence-electron chi connectivity index (χ3n) is 4.75. The van der Waals surface area contributed by atoms with E-state index in [-0.39, 0.29) is 17.2 Å². The van der Waals surface area contributed by atoms with Crippen LogP contribution in [0.3, 0.4) is 0 Å². The second-order valence-corrected chi connectivity index (χ2v) is 7.30. The van der Waals surface area contributed by atoms with Crippen molar-refractivity contribution in [3.05, 3.63) is 82.1 Å². The molecule has 0 aliphatic heterocycles. The van der Waals surface area contributed by atoms with Crippen molar-refractivity contribution >= 4 is 34.9 Å². The number of halogens is 2. The first-order valence-corrected chi connectivity index (χ1v) is 9.51. The van der Waals surface area contributed by atoms with Crippen molar-refractivity contribution in [2.24, 2.45) is 11.8 Å². The van der Waals surface area contributed by atoms with E-state index in [1.165, 1.54) is 41.2 Å². The maximum absolute atomic E-state index is 14.5.